The molecule has 0 aliphatic rings. The van der Waals surface area contributed by atoms with Crippen molar-refractivity contribution >= 4 is 45.8 Å². The van der Waals surface area contributed by atoms with Crippen molar-refractivity contribution in [2.24, 2.45) is 0 Å². The minimum Gasteiger partial charge on any atom is -0.462 e. The molecule has 0 saturated carbocycles. The average Bonchev–Trinajstić information content (AvgIpc) is 3.33. The zero-order chi connectivity index (χ0) is 24.2. The Labute approximate surface area is 200 Å². The molecule has 0 saturated heterocycles. The molecule has 0 aliphatic carbocycles. The minimum absolute atomic E-state index is 0.225. The van der Waals surface area contributed by atoms with Gasteiger partial charge in [-0.15, -0.1) is 16.8 Å². The first kappa shape index (κ1) is 23.5. The molecule has 0 atom stereocenters. The third-order valence-corrected chi connectivity index (χ3v) is 6.16. The van der Waals surface area contributed by atoms with Gasteiger partial charge in [-0.2, -0.15) is 0 Å². The number of rotatable bonds is 9. The molecule has 0 amide bonds. The van der Waals surface area contributed by atoms with E-state index in [0.29, 0.717) is 45.4 Å². The van der Waals surface area contributed by atoms with Crippen molar-refractivity contribution in [1.82, 2.24) is 24.7 Å². The number of nitrogens with one attached hydrogen (secondary N) is 1. The van der Waals surface area contributed by atoms with Crippen LogP contribution in [0, 0.1) is 6.92 Å². The number of carbonyl (C=O) groups is 2. The monoisotopic (exact) mass is 479 g/mol. The standard InChI is InChI=1S/C24H25N5O4S/c1-5-12-29-17-11-9-8-10-15(17)20-21(29)26-24(28-27-20)34-13-16-18(22(30)32-6-2)14(4)19(25-16)23(31)33-7-3/h5,8-11,25H,1,6-7,12-13H2,2-4H3. The summed E-state index contributed by atoms with van der Waals surface area (Å²) < 4.78 is 12.4. The number of thioether (sulfide) groups is 1. The number of benzene rings is 1. The number of para-hydroxylation sites is 1. The van der Waals surface area contributed by atoms with E-state index in [1.165, 1.54) is 11.8 Å². The van der Waals surface area contributed by atoms with Gasteiger partial charge in [-0.3, -0.25) is 0 Å². The number of aromatic nitrogens is 5. The molecular weight excluding hydrogens is 454 g/mol. The Bertz CT molecular complexity index is 1390. The molecule has 0 spiro atoms. The molecule has 10 heteroatoms. The number of hydrogen-bond acceptors (Lipinski definition) is 8. The van der Waals surface area contributed by atoms with Crippen molar-refractivity contribution < 1.29 is 19.1 Å². The lowest BCUT2D eigenvalue weighted by molar-refractivity contribution is 0.0518. The fourth-order valence-electron chi connectivity index (χ4n) is 3.85. The number of allylic oxidation sites excluding steroid dienone is 1. The summed E-state index contributed by atoms with van der Waals surface area (Å²) in [6.45, 7) is 10.0. The normalized spacial score (nSPS) is 11.1. The van der Waals surface area contributed by atoms with Gasteiger partial charge in [0, 0.05) is 23.4 Å². The highest BCUT2D eigenvalue weighted by Crippen LogP contribution is 2.30. The van der Waals surface area contributed by atoms with Crippen LogP contribution in [0.2, 0.25) is 0 Å². The van der Waals surface area contributed by atoms with Crippen molar-refractivity contribution in [2.45, 2.75) is 38.2 Å². The number of nitrogens with zero attached hydrogens (tertiary/aromatic N) is 4. The van der Waals surface area contributed by atoms with E-state index in [1.807, 2.05) is 34.9 Å². The molecule has 4 aromatic rings. The SMILES string of the molecule is C=CCn1c2ccccc2c2nnc(SCc3[nH]c(C(=O)OCC)c(C)c3C(=O)OCC)nc21. The van der Waals surface area contributed by atoms with Crippen LogP contribution in [0.3, 0.4) is 0 Å². The predicted molar refractivity (Wildman–Crippen MR) is 130 cm³/mol. The first-order chi connectivity index (χ1) is 16.5. The minimum atomic E-state index is -0.518. The van der Waals surface area contributed by atoms with E-state index in [2.05, 4.69) is 21.8 Å². The van der Waals surface area contributed by atoms with E-state index in [-0.39, 0.29) is 18.9 Å². The van der Waals surface area contributed by atoms with Crippen LogP contribution >= 0.6 is 11.8 Å². The lowest BCUT2D eigenvalue weighted by Crippen LogP contribution is -2.09. The molecule has 0 aliphatic heterocycles. The summed E-state index contributed by atoms with van der Waals surface area (Å²) in [6, 6.07) is 7.93. The van der Waals surface area contributed by atoms with Gasteiger partial charge in [0.05, 0.1) is 24.3 Å². The Hall–Kier alpha value is -3.66. The Morgan fingerprint density at radius 2 is 1.88 bits per heavy atom. The van der Waals surface area contributed by atoms with Gasteiger partial charge in [0.25, 0.3) is 0 Å². The zero-order valence-corrected chi connectivity index (χ0v) is 20.1. The molecule has 9 nitrogen and oxygen atoms in total. The molecule has 3 heterocycles. The fraction of sp³-hybridized carbons (Fsp3) is 0.292. The summed E-state index contributed by atoms with van der Waals surface area (Å²) in [5.74, 6) is -0.707. The van der Waals surface area contributed by atoms with Gasteiger partial charge in [-0.1, -0.05) is 36.0 Å². The summed E-state index contributed by atoms with van der Waals surface area (Å²) in [5.41, 5.74) is 4.03. The van der Waals surface area contributed by atoms with Gasteiger partial charge in [0.15, 0.2) is 5.65 Å². The molecule has 1 aromatic carbocycles. The summed E-state index contributed by atoms with van der Waals surface area (Å²) in [4.78, 5) is 32.8. The molecule has 1 N–H and O–H groups in total. The topological polar surface area (TPSA) is 112 Å². The summed E-state index contributed by atoms with van der Waals surface area (Å²) in [5, 5.41) is 10.1. The number of carbonyl (C=O) groups excluding carboxylic acids is 2. The fourth-order valence-corrected chi connectivity index (χ4v) is 4.59. The van der Waals surface area contributed by atoms with Gasteiger partial charge in [-0.25, -0.2) is 14.6 Å². The lowest BCUT2D eigenvalue weighted by atomic mass is 10.1. The highest BCUT2D eigenvalue weighted by atomic mass is 32.2. The average molecular weight is 480 g/mol. The van der Waals surface area contributed by atoms with Crippen LogP contribution in [0.1, 0.15) is 46.0 Å². The van der Waals surface area contributed by atoms with Crippen molar-refractivity contribution in [3.63, 3.8) is 0 Å². The van der Waals surface area contributed by atoms with Crippen molar-refractivity contribution in [3.05, 3.63) is 59.4 Å². The van der Waals surface area contributed by atoms with E-state index >= 15 is 0 Å². The Morgan fingerprint density at radius 1 is 1.15 bits per heavy atom. The Kier molecular flexibility index (Phi) is 6.97. The second-order valence-electron chi connectivity index (χ2n) is 7.39. The van der Waals surface area contributed by atoms with Crippen LogP contribution in [0.15, 0.2) is 42.1 Å². The lowest BCUT2D eigenvalue weighted by Gasteiger charge is -2.05. The number of fused-ring (bicyclic) bond motifs is 3. The number of aromatic amines is 1. The van der Waals surface area contributed by atoms with Gasteiger partial charge in [0.1, 0.15) is 11.2 Å². The van der Waals surface area contributed by atoms with E-state index in [4.69, 9.17) is 14.5 Å². The molecule has 3 aromatic heterocycles. The molecule has 0 bridgehead atoms. The zero-order valence-electron chi connectivity index (χ0n) is 19.3. The van der Waals surface area contributed by atoms with Crippen LogP contribution in [0.25, 0.3) is 22.1 Å². The number of esters is 2. The molecular formula is C24H25N5O4S. The van der Waals surface area contributed by atoms with Gasteiger partial charge in [0.2, 0.25) is 5.16 Å². The number of ether oxygens (including phenoxy) is 2. The maximum absolute atomic E-state index is 12.6. The molecule has 0 radical (unpaired) electrons. The summed E-state index contributed by atoms with van der Waals surface area (Å²) in [6.07, 6.45) is 1.81. The Balaban J connectivity index is 1.69. The molecule has 34 heavy (non-hydrogen) atoms. The van der Waals surface area contributed by atoms with Crippen molar-refractivity contribution in [2.75, 3.05) is 13.2 Å². The smallest absolute Gasteiger partial charge is 0.355 e. The highest BCUT2D eigenvalue weighted by Gasteiger charge is 2.26. The maximum atomic E-state index is 12.6. The van der Waals surface area contributed by atoms with E-state index in [1.54, 1.807) is 20.8 Å². The third kappa shape index (κ3) is 4.28. The van der Waals surface area contributed by atoms with Gasteiger partial charge in [-0.05, 0) is 32.4 Å². The van der Waals surface area contributed by atoms with Crippen LogP contribution in [-0.4, -0.2) is 49.9 Å². The van der Waals surface area contributed by atoms with Gasteiger partial charge >= 0.3 is 11.9 Å². The quantitative estimate of drug-likeness (QED) is 0.213. The largest absolute Gasteiger partial charge is 0.462 e. The maximum Gasteiger partial charge on any atom is 0.355 e. The highest BCUT2D eigenvalue weighted by molar-refractivity contribution is 7.98. The third-order valence-electron chi connectivity index (χ3n) is 5.30. The van der Waals surface area contributed by atoms with Crippen LogP contribution < -0.4 is 0 Å². The van der Waals surface area contributed by atoms with Crippen LogP contribution in [0.5, 0.6) is 0 Å². The predicted octanol–water partition coefficient (Wildman–Crippen LogP) is 4.45. The van der Waals surface area contributed by atoms with Gasteiger partial charge < -0.3 is 19.0 Å². The summed E-state index contributed by atoms with van der Waals surface area (Å²) in [7, 11) is 0. The van der Waals surface area contributed by atoms with Crippen molar-refractivity contribution in [3.8, 4) is 0 Å². The first-order valence-electron chi connectivity index (χ1n) is 10.9. The number of hydrogen-bond donors (Lipinski definition) is 1. The first-order valence-corrected chi connectivity index (χ1v) is 11.9. The van der Waals surface area contributed by atoms with Crippen LogP contribution in [0.4, 0.5) is 0 Å². The van der Waals surface area contributed by atoms with Crippen molar-refractivity contribution in [1.29, 1.82) is 0 Å². The van der Waals surface area contributed by atoms with E-state index in [0.717, 1.165) is 10.9 Å². The second-order valence-corrected chi connectivity index (χ2v) is 8.33. The molecule has 0 unspecified atom stereocenters. The molecule has 176 valence electrons. The molecule has 0 fully saturated rings. The van der Waals surface area contributed by atoms with Crippen LogP contribution in [-0.2, 0) is 21.8 Å². The Morgan fingerprint density at radius 3 is 2.62 bits per heavy atom. The molecule has 4 rings (SSSR count). The second kappa shape index (κ2) is 10.1. The van der Waals surface area contributed by atoms with E-state index in [9.17, 15) is 9.59 Å². The summed E-state index contributed by atoms with van der Waals surface area (Å²) >= 11 is 1.31. The van der Waals surface area contributed by atoms with E-state index < -0.39 is 11.9 Å². The number of H-pyrrole nitrogens is 1.